The number of aliphatic imine (C=N–C) groups is 3. The number of fused-ring (bicyclic) bond motifs is 6. The van der Waals surface area contributed by atoms with Crippen molar-refractivity contribution in [3.63, 3.8) is 0 Å². The normalized spacial score (nSPS) is 18.3. The van der Waals surface area contributed by atoms with Crippen LogP contribution in [0.5, 0.6) is 0 Å². The fourth-order valence-electron chi connectivity index (χ4n) is 18.3. The van der Waals surface area contributed by atoms with Gasteiger partial charge in [-0.3, -0.25) is 43.4 Å². The molecule has 6 aromatic carbocycles. The van der Waals surface area contributed by atoms with Crippen LogP contribution >= 0.6 is 0 Å². The molecule has 0 saturated carbocycles. The number of amides is 3. The maximum atomic E-state index is 14.0. The highest BCUT2D eigenvalue weighted by atomic mass is 19.1. The average molecular weight is 1550 g/mol. The highest BCUT2D eigenvalue weighted by Gasteiger charge is 2.39. The molecule has 12 aromatic rings. The largest absolute Gasteiger partial charge is 0.384 e. The monoisotopic (exact) mass is 1550 g/mol. The Balaban J connectivity index is 0.000000115. The van der Waals surface area contributed by atoms with Gasteiger partial charge in [-0.15, -0.1) is 0 Å². The summed E-state index contributed by atoms with van der Waals surface area (Å²) in [6.07, 6.45) is 21.3. The lowest BCUT2D eigenvalue weighted by molar-refractivity contribution is -0.145. The molecule has 2 atom stereocenters. The lowest BCUT2D eigenvalue weighted by Crippen LogP contribution is -2.53. The first-order chi connectivity index (χ1) is 56.0. The van der Waals surface area contributed by atoms with E-state index in [1.165, 1.54) is 89.6 Å². The fourth-order valence-corrected chi connectivity index (χ4v) is 18.3. The summed E-state index contributed by atoms with van der Waals surface area (Å²) in [5.74, 6) is -0.349. The molecule has 9 aliphatic heterocycles. The van der Waals surface area contributed by atoms with Gasteiger partial charge in [0.05, 0.1) is 72.9 Å². The van der Waals surface area contributed by atoms with Crippen LogP contribution in [0.3, 0.4) is 0 Å². The van der Waals surface area contributed by atoms with Crippen molar-refractivity contribution < 1.29 is 52.0 Å². The number of aliphatic hydroxyl groups excluding tert-OH is 2. The van der Waals surface area contributed by atoms with Crippen LogP contribution in [0, 0.1) is 17.5 Å². The predicted molar refractivity (Wildman–Crippen MR) is 432 cm³/mol. The van der Waals surface area contributed by atoms with Crippen molar-refractivity contribution >= 4 is 69.1 Å². The molecule has 6 aromatic heterocycles. The van der Waals surface area contributed by atoms with Crippen molar-refractivity contribution in [3.05, 3.63) is 214 Å². The van der Waals surface area contributed by atoms with Gasteiger partial charge in [0.1, 0.15) is 29.7 Å². The first kappa shape index (κ1) is 73.7. The van der Waals surface area contributed by atoms with Crippen LogP contribution in [0.15, 0.2) is 161 Å². The number of nitrogens with zero attached hydrogens (tertiary/aromatic N) is 15. The fraction of sp³-hybridized carbons (Fsp3) is 0.360. The van der Waals surface area contributed by atoms with Crippen LogP contribution in [0.1, 0.15) is 146 Å². The Morgan fingerprint density at radius 1 is 0.409 bits per heavy atom. The van der Waals surface area contributed by atoms with Crippen molar-refractivity contribution in [1.29, 1.82) is 0 Å². The van der Waals surface area contributed by atoms with Gasteiger partial charge in [-0.1, -0.05) is 0 Å². The molecular weight excluding hydrogens is 1460 g/mol. The third-order valence-electron chi connectivity index (χ3n) is 24.5. The topological polar surface area (TPSA) is 234 Å². The number of halogens is 3. The van der Waals surface area contributed by atoms with E-state index in [-0.39, 0.29) is 65.1 Å². The van der Waals surface area contributed by atoms with Gasteiger partial charge in [0.2, 0.25) is 5.91 Å². The molecule has 21 rings (SSSR count). The minimum atomic E-state index is -0.996. The van der Waals surface area contributed by atoms with E-state index in [1.54, 1.807) is 16.7 Å². The zero-order valence-corrected chi connectivity index (χ0v) is 64.2. The quantitative estimate of drug-likeness (QED) is 0.104. The maximum Gasteiger partial charge on any atom is 0.251 e. The van der Waals surface area contributed by atoms with E-state index in [9.17, 15) is 37.8 Å². The molecule has 6 saturated heterocycles. The lowest BCUT2D eigenvalue weighted by Gasteiger charge is -2.39. The number of aliphatic hydroxyl groups is 2. The Kier molecular flexibility index (Phi) is 19.5. The summed E-state index contributed by atoms with van der Waals surface area (Å²) in [7, 11) is 0. The molecule has 0 bridgehead atoms. The Hall–Kier alpha value is -11.4. The second kappa shape index (κ2) is 30.4. The third kappa shape index (κ3) is 13.7. The molecule has 6 fully saturated rings. The number of benzene rings is 6. The van der Waals surface area contributed by atoms with E-state index in [2.05, 4.69) is 83.7 Å². The molecule has 115 heavy (non-hydrogen) atoms. The Morgan fingerprint density at radius 3 is 0.957 bits per heavy atom. The number of hydrogen-bond acceptors (Lipinski definition) is 14. The molecule has 0 unspecified atom stereocenters. The maximum absolute atomic E-state index is 14.0. The van der Waals surface area contributed by atoms with Crippen molar-refractivity contribution in [2.75, 3.05) is 78.9 Å². The molecule has 588 valence electrons. The van der Waals surface area contributed by atoms with E-state index in [0.29, 0.717) is 91.2 Å². The minimum Gasteiger partial charge on any atom is -0.384 e. The van der Waals surface area contributed by atoms with Gasteiger partial charge in [0.15, 0.2) is 0 Å². The zero-order valence-electron chi connectivity index (χ0n) is 64.2. The SMILES string of the molecule is CC(=O)N1CC(n2cc(-c3c(C4CCOCC4)n(-c4ccc(F)cc4)c4cc5c(cc34)CN=C5)cn2)C1.C[C@@H](O)C(=O)N1CC(n2cc(-c3c(C4CCOCC4)n(-c4ccc(F)cc4)c4cc5c(cc34)CN=C5)cn2)C1.C[C@H](O)C(=O)N1CC(n2cc(-c3c(C4CCOCC4)n(-c4ccc(F)cc4)c4cc5c(cc34)CN=C5)cn2)C1. The van der Waals surface area contributed by atoms with E-state index in [0.717, 1.165) is 146 Å². The highest BCUT2D eigenvalue weighted by Crippen LogP contribution is 2.50. The van der Waals surface area contributed by atoms with Crippen LogP contribution in [-0.4, -0.2) is 195 Å². The standard InChI is InChI=1S/2C30H30FN5O3.C29H28FN5O2/c2*1-18(37)30(38)34-16-25(17-34)35-15-22(14-33-35)28-26-10-20-12-32-13-21(20)11-27(26)36(24-4-2-23(31)3-5-24)29(28)19-6-8-39-9-7-19;1-18(36)33-16-25(17-33)34-15-22(14-32-34)28-26-10-20-12-31-13-21(20)11-27(26)35(24-4-2-23(30)3-5-24)29(28)19-6-8-37-9-7-19/h2*2-5,10-11,13-15,18-19,25,37H,6-9,12,16-17H2,1H3;2-5,10-11,13-15,19,25H,6-9,12,16-17H2,1H3/t2*18-;/m10./s1. The number of likely N-dealkylation sites (tertiary alicyclic amines) is 3. The molecule has 9 aliphatic rings. The summed E-state index contributed by atoms with van der Waals surface area (Å²) in [4.78, 5) is 54.6. The number of aromatic nitrogens is 9. The third-order valence-corrected chi connectivity index (χ3v) is 24.5. The van der Waals surface area contributed by atoms with Gasteiger partial charge in [-0.2, -0.15) is 15.3 Å². The molecule has 26 heteroatoms. The molecule has 2 N–H and O–H groups in total. The molecular formula is C89H88F3N15O8. The zero-order chi connectivity index (χ0) is 78.4. The summed E-state index contributed by atoms with van der Waals surface area (Å²) in [6, 6.07) is 33.9. The summed E-state index contributed by atoms with van der Waals surface area (Å²) in [5.41, 5.74) is 23.1. The minimum absolute atomic E-state index is 0.0658. The van der Waals surface area contributed by atoms with Gasteiger partial charge in [0, 0.05) is 225 Å². The molecule has 3 amide bonds. The van der Waals surface area contributed by atoms with E-state index in [1.807, 2.05) is 92.6 Å². The van der Waals surface area contributed by atoms with E-state index < -0.39 is 12.2 Å². The first-order valence-electron chi connectivity index (χ1n) is 40.0. The van der Waals surface area contributed by atoms with Gasteiger partial charge in [-0.05, 0) is 195 Å². The number of hydrogen-bond donors (Lipinski definition) is 2. The summed E-state index contributed by atoms with van der Waals surface area (Å²) in [6.45, 7) is 14.3. The van der Waals surface area contributed by atoms with Gasteiger partial charge < -0.3 is 52.8 Å². The summed E-state index contributed by atoms with van der Waals surface area (Å²) < 4.78 is 71.8. The summed E-state index contributed by atoms with van der Waals surface area (Å²) in [5, 5.41) is 36.9. The van der Waals surface area contributed by atoms with E-state index >= 15 is 0 Å². The lowest BCUT2D eigenvalue weighted by atomic mass is 9.90. The van der Waals surface area contributed by atoms with Crippen LogP contribution < -0.4 is 0 Å². The highest BCUT2D eigenvalue weighted by molar-refractivity contribution is 6.06. The molecule has 0 aliphatic carbocycles. The van der Waals surface area contributed by atoms with Gasteiger partial charge in [-0.25, -0.2) is 13.2 Å². The second-order valence-corrected chi connectivity index (χ2v) is 31.8. The van der Waals surface area contributed by atoms with Crippen molar-refractivity contribution in [3.8, 4) is 50.4 Å². The number of ether oxygens (including phenoxy) is 3. The number of rotatable bonds is 14. The Labute approximate surface area is 661 Å². The van der Waals surface area contributed by atoms with Crippen molar-refractivity contribution in [1.82, 2.24) is 57.7 Å². The molecule has 15 heterocycles. The Morgan fingerprint density at radius 2 is 0.687 bits per heavy atom. The van der Waals surface area contributed by atoms with Crippen LogP contribution in [0.25, 0.3) is 83.2 Å². The van der Waals surface area contributed by atoms with Crippen molar-refractivity contribution in [2.45, 2.75) is 127 Å². The van der Waals surface area contributed by atoms with Gasteiger partial charge in [0.25, 0.3) is 11.8 Å². The van der Waals surface area contributed by atoms with E-state index in [4.69, 9.17) is 29.5 Å². The van der Waals surface area contributed by atoms with Crippen molar-refractivity contribution in [2.24, 2.45) is 15.0 Å². The second-order valence-electron chi connectivity index (χ2n) is 31.8. The molecule has 23 nitrogen and oxygen atoms in total. The van der Waals surface area contributed by atoms with Gasteiger partial charge >= 0.3 is 0 Å². The van der Waals surface area contributed by atoms with Crippen LogP contribution in [0.4, 0.5) is 13.2 Å². The van der Waals surface area contributed by atoms with Crippen LogP contribution in [0.2, 0.25) is 0 Å². The summed E-state index contributed by atoms with van der Waals surface area (Å²) >= 11 is 0. The smallest absolute Gasteiger partial charge is 0.251 e. The average Bonchev–Trinajstić information content (AvgIpc) is 1.58. The van der Waals surface area contributed by atoms with Crippen LogP contribution in [-0.2, 0) is 48.2 Å². The number of carbonyl (C=O) groups is 3. The predicted octanol–water partition coefficient (Wildman–Crippen LogP) is 13.3. The Bertz CT molecular complexity index is 5610. The first-order valence-corrected chi connectivity index (χ1v) is 40.0. The molecule has 0 radical (unpaired) electrons. The molecule has 0 spiro atoms. The number of carbonyl (C=O) groups excluding carboxylic acids is 3.